The van der Waals surface area contributed by atoms with E-state index >= 15 is 0 Å². The number of amides is 2. The molecule has 2 amide bonds. The van der Waals surface area contributed by atoms with Crippen LogP contribution >= 0.6 is 23.7 Å². The number of thiophene rings is 1. The molecule has 0 aliphatic carbocycles. The second-order valence-electron chi connectivity index (χ2n) is 6.37. The Morgan fingerprint density at radius 1 is 1.24 bits per heavy atom. The molecule has 0 radical (unpaired) electrons. The lowest BCUT2D eigenvalue weighted by Crippen LogP contribution is -2.53. The van der Waals surface area contributed by atoms with Crippen LogP contribution in [0.2, 0.25) is 0 Å². The van der Waals surface area contributed by atoms with Gasteiger partial charge < -0.3 is 15.5 Å². The first-order valence-corrected chi connectivity index (χ1v) is 9.69. The van der Waals surface area contributed by atoms with Crippen LogP contribution in [-0.4, -0.2) is 73.5 Å². The van der Waals surface area contributed by atoms with E-state index in [-0.39, 0.29) is 30.3 Å². The quantitative estimate of drug-likeness (QED) is 0.797. The first kappa shape index (κ1) is 20.2. The minimum atomic E-state index is -0.323. The average Bonchev–Trinajstić information content (AvgIpc) is 3.16. The Morgan fingerprint density at radius 2 is 2.04 bits per heavy atom. The molecule has 0 saturated carbocycles. The largest absolute Gasteiger partial charge is 0.353 e. The van der Waals surface area contributed by atoms with Gasteiger partial charge in [0.1, 0.15) is 6.04 Å². The standard InChI is InChI=1S/C17H26N4O2S.ClH/c22-16(19-8-12-20-10-6-18-7-11-20)14-4-1-2-9-21(14)17(23)15-5-3-13-24-15;/h3,5,13-14,18H,1-2,4,6-12H2,(H,19,22);1H. The molecule has 8 heteroatoms. The maximum atomic E-state index is 12.6. The summed E-state index contributed by atoms with van der Waals surface area (Å²) in [5.74, 6) is -0.0123. The molecule has 25 heavy (non-hydrogen) atoms. The number of hydrogen-bond donors (Lipinski definition) is 2. The summed E-state index contributed by atoms with van der Waals surface area (Å²) in [5, 5.41) is 8.27. The van der Waals surface area contributed by atoms with Crippen molar-refractivity contribution in [2.75, 3.05) is 45.8 Å². The summed E-state index contributed by atoms with van der Waals surface area (Å²) in [6.45, 7) is 6.28. The van der Waals surface area contributed by atoms with Gasteiger partial charge in [-0.05, 0) is 30.7 Å². The van der Waals surface area contributed by atoms with Crippen LogP contribution in [0.15, 0.2) is 17.5 Å². The van der Waals surface area contributed by atoms with Gasteiger partial charge in [0.2, 0.25) is 5.91 Å². The third-order valence-corrected chi connectivity index (χ3v) is 5.59. The predicted octanol–water partition coefficient (Wildman–Crippen LogP) is 1.19. The molecule has 2 fully saturated rings. The van der Waals surface area contributed by atoms with Crippen LogP contribution < -0.4 is 10.6 Å². The van der Waals surface area contributed by atoms with Crippen molar-refractivity contribution < 1.29 is 9.59 Å². The number of piperidine rings is 1. The number of carbonyl (C=O) groups excluding carboxylic acids is 2. The maximum Gasteiger partial charge on any atom is 0.264 e. The van der Waals surface area contributed by atoms with Crippen LogP contribution in [-0.2, 0) is 4.79 Å². The highest BCUT2D eigenvalue weighted by atomic mass is 35.5. The fourth-order valence-corrected chi connectivity index (χ4v) is 4.06. The van der Waals surface area contributed by atoms with E-state index in [9.17, 15) is 9.59 Å². The van der Waals surface area contributed by atoms with Gasteiger partial charge in [-0.1, -0.05) is 6.07 Å². The molecule has 0 spiro atoms. The lowest BCUT2D eigenvalue weighted by Gasteiger charge is -2.34. The number of halogens is 1. The molecule has 1 atom stereocenters. The van der Waals surface area contributed by atoms with E-state index in [0.29, 0.717) is 13.1 Å². The van der Waals surface area contributed by atoms with Crippen LogP contribution in [0.25, 0.3) is 0 Å². The van der Waals surface area contributed by atoms with E-state index in [2.05, 4.69) is 15.5 Å². The molecule has 1 aromatic rings. The maximum absolute atomic E-state index is 12.6. The van der Waals surface area contributed by atoms with E-state index in [0.717, 1.165) is 56.9 Å². The molecule has 1 unspecified atom stereocenters. The summed E-state index contributed by atoms with van der Waals surface area (Å²) < 4.78 is 0. The number of nitrogens with zero attached hydrogens (tertiary/aromatic N) is 2. The van der Waals surface area contributed by atoms with E-state index in [1.807, 2.05) is 17.5 Å². The van der Waals surface area contributed by atoms with Crippen molar-refractivity contribution in [2.24, 2.45) is 0 Å². The van der Waals surface area contributed by atoms with E-state index in [4.69, 9.17) is 0 Å². The molecule has 2 aliphatic heterocycles. The molecule has 3 rings (SSSR count). The molecule has 2 saturated heterocycles. The molecule has 6 nitrogen and oxygen atoms in total. The SMILES string of the molecule is Cl.O=C(NCCN1CCNCC1)C1CCCCN1C(=O)c1cccs1. The first-order chi connectivity index (χ1) is 11.8. The van der Waals surface area contributed by atoms with Gasteiger partial charge in [0, 0.05) is 45.8 Å². The van der Waals surface area contributed by atoms with Crippen LogP contribution in [0.1, 0.15) is 28.9 Å². The Morgan fingerprint density at radius 3 is 2.76 bits per heavy atom. The predicted molar refractivity (Wildman–Crippen MR) is 103 cm³/mol. The monoisotopic (exact) mass is 386 g/mol. The van der Waals surface area contributed by atoms with Crippen molar-refractivity contribution in [3.63, 3.8) is 0 Å². The third-order valence-electron chi connectivity index (χ3n) is 4.74. The number of rotatable bonds is 5. The van der Waals surface area contributed by atoms with E-state index in [1.54, 1.807) is 4.90 Å². The Hall–Kier alpha value is -1.15. The summed E-state index contributed by atoms with van der Waals surface area (Å²) in [5.41, 5.74) is 0. The van der Waals surface area contributed by atoms with Gasteiger partial charge in [0.25, 0.3) is 5.91 Å². The van der Waals surface area contributed by atoms with Gasteiger partial charge >= 0.3 is 0 Å². The zero-order chi connectivity index (χ0) is 16.8. The molecule has 0 aromatic carbocycles. The Bertz CT molecular complexity index is 549. The Balaban J connectivity index is 0.00000225. The molecule has 2 N–H and O–H groups in total. The van der Waals surface area contributed by atoms with Gasteiger partial charge in [-0.15, -0.1) is 23.7 Å². The normalized spacial score (nSPS) is 21.4. The van der Waals surface area contributed by atoms with Crippen molar-refractivity contribution >= 4 is 35.6 Å². The van der Waals surface area contributed by atoms with Crippen LogP contribution in [0.4, 0.5) is 0 Å². The summed E-state index contributed by atoms with van der Waals surface area (Å²) in [6, 6.07) is 3.39. The highest BCUT2D eigenvalue weighted by Gasteiger charge is 2.32. The molecular weight excluding hydrogens is 360 g/mol. The minimum absolute atomic E-state index is 0. The van der Waals surface area contributed by atoms with Gasteiger partial charge in [-0.25, -0.2) is 0 Å². The second kappa shape index (κ2) is 10.1. The fraction of sp³-hybridized carbons (Fsp3) is 0.647. The molecule has 0 bridgehead atoms. The Labute approximate surface area is 159 Å². The number of carbonyl (C=O) groups is 2. The number of likely N-dealkylation sites (tertiary alicyclic amines) is 1. The van der Waals surface area contributed by atoms with Crippen LogP contribution in [0, 0.1) is 0 Å². The lowest BCUT2D eigenvalue weighted by molar-refractivity contribution is -0.126. The Kier molecular flexibility index (Phi) is 8.15. The molecule has 140 valence electrons. The summed E-state index contributed by atoms with van der Waals surface area (Å²) in [4.78, 5) is 30.1. The van der Waals surface area contributed by atoms with Crippen LogP contribution in [0.5, 0.6) is 0 Å². The molecular formula is C17H27ClN4O2S. The van der Waals surface area contributed by atoms with Crippen molar-refractivity contribution in [1.29, 1.82) is 0 Å². The number of piperazine rings is 1. The fourth-order valence-electron chi connectivity index (χ4n) is 3.38. The number of hydrogen-bond acceptors (Lipinski definition) is 5. The van der Waals surface area contributed by atoms with Gasteiger partial charge in [0.15, 0.2) is 0 Å². The molecule has 1 aromatic heterocycles. The van der Waals surface area contributed by atoms with Crippen LogP contribution in [0.3, 0.4) is 0 Å². The first-order valence-electron chi connectivity index (χ1n) is 8.81. The highest BCUT2D eigenvalue weighted by Crippen LogP contribution is 2.21. The van der Waals surface area contributed by atoms with Gasteiger partial charge in [-0.3, -0.25) is 14.5 Å². The average molecular weight is 387 g/mol. The highest BCUT2D eigenvalue weighted by molar-refractivity contribution is 7.12. The zero-order valence-corrected chi connectivity index (χ0v) is 16.0. The lowest BCUT2D eigenvalue weighted by atomic mass is 10.0. The third kappa shape index (κ3) is 5.41. The minimum Gasteiger partial charge on any atom is -0.353 e. The van der Waals surface area contributed by atoms with E-state index in [1.165, 1.54) is 11.3 Å². The topological polar surface area (TPSA) is 64.7 Å². The smallest absolute Gasteiger partial charge is 0.264 e. The van der Waals surface area contributed by atoms with Crippen molar-refractivity contribution in [3.05, 3.63) is 22.4 Å². The van der Waals surface area contributed by atoms with Crippen molar-refractivity contribution in [3.8, 4) is 0 Å². The second-order valence-corrected chi connectivity index (χ2v) is 7.32. The van der Waals surface area contributed by atoms with E-state index < -0.39 is 0 Å². The van der Waals surface area contributed by atoms with Gasteiger partial charge in [-0.2, -0.15) is 0 Å². The van der Waals surface area contributed by atoms with Gasteiger partial charge in [0.05, 0.1) is 4.88 Å². The summed E-state index contributed by atoms with van der Waals surface area (Å²) in [6.07, 6.45) is 2.74. The number of nitrogens with one attached hydrogen (secondary N) is 2. The van der Waals surface area contributed by atoms with Crippen molar-refractivity contribution in [2.45, 2.75) is 25.3 Å². The molecule has 2 aliphatic rings. The zero-order valence-electron chi connectivity index (χ0n) is 14.4. The van der Waals surface area contributed by atoms with Crippen molar-refractivity contribution in [1.82, 2.24) is 20.4 Å². The molecule has 3 heterocycles. The summed E-state index contributed by atoms with van der Waals surface area (Å²) >= 11 is 1.44. The summed E-state index contributed by atoms with van der Waals surface area (Å²) in [7, 11) is 0.